The van der Waals surface area contributed by atoms with Crippen molar-refractivity contribution >= 4 is 11.2 Å². The number of hydrogen-bond acceptors (Lipinski definition) is 7. The molecule has 2 bridgehead atoms. The molecule has 0 amide bonds. The van der Waals surface area contributed by atoms with E-state index in [-0.39, 0.29) is 6.10 Å². The van der Waals surface area contributed by atoms with Crippen LogP contribution < -0.4 is 4.74 Å². The third-order valence-corrected chi connectivity index (χ3v) is 6.19. The number of rotatable bonds is 4. The molecule has 146 valence electrons. The summed E-state index contributed by atoms with van der Waals surface area (Å²) in [5.41, 5.74) is 2.37. The largest absolute Gasteiger partial charge is 0.471 e. The van der Waals surface area contributed by atoms with E-state index in [9.17, 15) is 0 Å². The van der Waals surface area contributed by atoms with E-state index in [0.717, 1.165) is 35.8 Å². The van der Waals surface area contributed by atoms with Crippen LogP contribution in [-0.4, -0.2) is 59.6 Å². The number of piperidine rings is 1. The fourth-order valence-electron chi connectivity index (χ4n) is 4.70. The van der Waals surface area contributed by atoms with Crippen molar-refractivity contribution in [1.82, 2.24) is 34.4 Å². The number of fused-ring (bicyclic) bond motifs is 3. The van der Waals surface area contributed by atoms with Gasteiger partial charge < -0.3 is 9.30 Å². The first kappa shape index (κ1) is 17.5. The van der Waals surface area contributed by atoms with Crippen LogP contribution in [0.3, 0.4) is 0 Å². The molecule has 0 aliphatic carbocycles. The summed E-state index contributed by atoms with van der Waals surface area (Å²) in [6.45, 7) is 4.70. The topological polar surface area (TPSA) is 81.9 Å². The Hall–Kier alpha value is -2.61. The van der Waals surface area contributed by atoms with Crippen LogP contribution in [0, 0.1) is 6.92 Å². The standard InChI is InChI=1S/C20H25N7O/c1-4-27-18(13-9-21-12(2)22-10-13)25-17-19(27)23-11-24-20(17)28-16-8-14-6-5-7-15(16)26(14)3/h9-11,14-16H,4-8H2,1-3H3. The molecule has 0 aromatic carbocycles. The van der Waals surface area contributed by atoms with Crippen molar-refractivity contribution in [3.63, 3.8) is 0 Å². The number of aryl methyl sites for hydroxylation is 2. The molecular formula is C20H25N7O. The molecule has 2 aliphatic heterocycles. The van der Waals surface area contributed by atoms with Crippen LogP contribution >= 0.6 is 0 Å². The van der Waals surface area contributed by atoms with Crippen LogP contribution in [0.2, 0.25) is 0 Å². The molecule has 3 atom stereocenters. The molecular weight excluding hydrogens is 354 g/mol. The number of nitrogens with zero attached hydrogens (tertiary/aromatic N) is 7. The predicted molar refractivity (Wildman–Crippen MR) is 105 cm³/mol. The molecule has 0 radical (unpaired) electrons. The lowest BCUT2D eigenvalue weighted by molar-refractivity contribution is 0.115. The zero-order valence-electron chi connectivity index (χ0n) is 16.5. The van der Waals surface area contributed by atoms with E-state index < -0.39 is 0 Å². The fraction of sp³-hybridized carbons (Fsp3) is 0.550. The third-order valence-electron chi connectivity index (χ3n) is 6.19. The average molecular weight is 379 g/mol. The number of likely N-dealkylation sites (N-methyl/N-ethyl adjacent to an activating group) is 1. The molecule has 5 heterocycles. The van der Waals surface area contributed by atoms with Crippen LogP contribution in [0.25, 0.3) is 22.6 Å². The summed E-state index contributed by atoms with van der Waals surface area (Å²) in [6, 6.07) is 1.08. The van der Waals surface area contributed by atoms with Gasteiger partial charge in [0, 0.05) is 37.4 Å². The van der Waals surface area contributed by atoms with E-state index in [0.29, 0.717) is 23.5 Å². The van der Waals surface area contributed by atoms with Gasteiger partial charge in [-0.3, -0.25) is 4.90 Å². The Bertz CT molecular complexity index is 1000. The highest BCUT2D eigenvalue weighted by atomic mass is 16.5. The highest BCUT2D eigenvalue weighted by molar-refractivity contribution is 5.81. The van der Waals surface area contributed by atoms with Gasteiger partial charge in [0.15, 0.2) is 11.2 Å². The van der Waals surface area contributed by atoms with Crippen molar-refractivity contribution < 1.29 is 4.74 Å². The Kier molecular flexibility index (Phi) is 4.23. The minimum atomic E-state index is 0.161. The van der Waals surface area contributed by atoms with Crippen molar-refractivity contribution in [2.24, 2.45) is 0 Å². The van der Waals surface area contributed by atoms with E-state index in [2.05, 4.69) is 43.4 Å². The van der Waals surface area contributed by atoms with Gasteiger partial charge in [0.25, 0.3) is 0 Å². The Morgan fingerprint density at radius 2 is 1.96 bits per heavy atom. The molecule has 0 spiro atoms. The van der Waals surface area contributed by atoms with Crippen LogP contribution in [-0.2, 0) is 6.54 Å². The zero-order chi connectivity index (χ0) is 19.3. The second-order valence-corrected chi connectivity index (χ2v) is 7.76. The Labute approximate surface area is 164 Å². The summed E-state index contributed by atoms with van der Waals surface area (Å²) >= 11 is 0. The van der Waals surface area contributed by atoms with Gasteiger partial charge in [0.05, 0.1) is 5.56 Å². The SMILES string of the molecule is CCn1c(-c2cnc(C)nc2)nc2c(OC3CC4CCCC3N4C)ncnc21. The molecule has 8 heteroatoms. The molecule has 2 fully saturated rings. The molecule has 3 aromatic rings. The smallest absolute Gasteiger partial charge is 0.245 e. The van der Waals surface area contributed by atoms with Crippen LogP contribution in [0.4, 0.5) is 0 Å². The van der Waals surface area contributed by atoms with Crippen molar-refractivity contribution in [3.05, 3.63) is 24.5 Å². The number of ether oxygens (including phenoxy) is 1. The predicted octanol–water partition coefficient (Wildman–Crippen LogP) is 2.62. The maximum absolute atomic E-state index is 6.44. The summed E-state index contributed by atoms with van der Waals surface area (Å²) < 4.78 is 8.51. The molecule has 8 nitrogen and oxygen atoms in total. The molecule has 0 N–H and O–H groups in total. The summed E-state index contributed by atoms with van der Waals surface area (Å²) in [5, 5.41) is 0. The van der Waals surface area contributed by atoms with E-state index in [1.165, 1.54) is 19.3 Å². The monoisotopic (exact) mass is 379 g/mol. The molecule has 2 saturated heterocycles. The second kappa shape index (κ2) is 6.77. The van der Waals surface area contributed by atoms with Crippen molar-refractivity contribution in [2.75, 3.05) is 7.05 Å². The first-order chi connectivity index (χ1) is 13.7. The first-order valence-electron chi connectivity index (χ1n) is 10.0. The normalized spacial score (nSPS) is 24.8. The lowest BCUT2D eigenvalue weighted by Gasteiger charge is -2.31. The average Bonchev–Trinajstić information content (AvgIpc) is 3.13. The van der Waals surface area contributed by atoms with Gasteiger partial charge in [0.1, 0.15) is 24.1 Å². The lowest BCUT2D eigenvalue weighted by Crippen LogP contribution is -2.40. The number of aromatic nitrogens is 6. The van der Waals surface area contributed by atoms with Gasteiger partial charge in [-0.05, 0) is 33.7 Å². The van der Waals surface area contributed by atoms with Crippen LogP contribution in [0.15, 0.2) is 18.7 Å². The molecule has 0 saturated carbocycles. The summed E-state index contributed by atoms with van der Waals surface area (Å²) in [7, 11) is 2.22. The van der Waals surface area contributed by atoms with Crippen molar-refractivity contribution in [2.45, 2.75) is 64.3 Å². The van der Waals surface area contributed by atoms with Gasteiger partial charge >= 0.3 is 0 Å². The summed E-state index contributed by atoms with van der Waals surface area (Å²) in [5.74, 6) is 2.12. The lowest BCUT2D eigenvalue weighted by atomic mass is 10.0. The highest BCUT2D eigenvalue weighted by Gasteiger charge is 2.43. The van der Waals surface area contributed by atoms with E-state index in [1.807, 2.05) is 6.92 Å². The van der Waals surface area contributed by atoms with Gasteiger partial charge in [-0.25, -0.2) is 19.9 Å². The Morgan fingerprint density at radius 1 is 1.14 bits per heavy atom. The quantitative estimate of drug-likeness (QED) is 0.689. The number of imidazole rings is 1. The molecule has 3 aromatic heterocycles. The summed E-state index contributed by atoms with van der Waals surface area (Å²) in [4.78, 5) is 24.9. The maximum Gasteiger partial charge on any atom is 0.245 e. The van der Waals surface area contributed by atoms with Crippen molar-refractivity contribution in [1.29, 1.82) is 0 Å². The van der Waals surface area contributed by atoms with Crippen LogP contribution in [0.1, 0.15) is 38.4 Å². The molecule has 5 rings (SSSR count). The maximum atomic E-state index is 6.44. The highest BCUT2D eigenvalue weighted by Crippen LogP contribution is 2.37. The van der Waals surface area contributed by atoms with Crippen molar-refractivity contribution in [3.8, 4) is 17.3 Å². The minimum absolute atomic E-state index is 0.161. The van der Waals surface area contributed by atoms with E-state index in [1.54, 1.807) is 18.7 Å². The van der Waals surface area contributed by atoms with Gasteiger partial charge in [-0.1, -0.05) is 6.42 Å². The van der Waals surface area contributed by atoms with Gasteiger partial charge in [0.2, 0.25) is 5.88 Å². The minimum Gasteiger partial charge on any atom is -0.471 e. The Balaban J connectivity index is 1.54. The molecule has 2 aliphatic rings. The first-order valence-corrected chi connectivity index (χ1v) is 10.0. The van der Waals surface area contributed by atoms with Gasteiger partial charge in [-0.15, -0.1) is 0 Å². The van der Waals surface area contributed by atoms with Crippen LogP contribution in [0.5, 0.6) is 5.88 Å². The molecule has 28 heavy (non-hydrogen) atoms. The molecule has 3 unspecified atom stereocenters. The second-order valence-electron chi connectivity index (χ2n) is 7.76. The fourth-order valence-corrected chi connectivity index (χ4v) is 4.70. The van der Waals surface area contributed by atoms with Gasteiger partial charge in [-0.2, -0.15) is 4.98 Å². The Morgan fingerprint density at radius 3 is 2.71 bits per heavy atom. The zero-order valence-corrected chi connectivity index (χ0v) is 16.5. The van der Waals surface area contributed by atoms with E-state index in [4.69, 9.17) is 9.72 Å². The third kappa shape index (κ3) is 2.74. The number of hydrogen-bond donors (Lipinski definition) is 0. The summed E-state index contributed by atoms with van der Waals surface area (Å²) in [6.07, 6.45) is 10.1. The van der Waals surface area contributed by atoms with E-state index >= 15 is 0 Å².